The van der Waals surface area contributed by atoms with Crippen LogP contribution in [0.2, 0.25) is 0 Å². The monoisotopic (exact) mass is 134 g/mol. The molecule has 46 valence electrons. The Balaban J connectivity index is 3.50. The van der Waals surface area contributed by atoms with Crippen molar-refractivity contribution in [2.45, 2.75) is 0 Å². The van der Waals surface area contributed by atoms with E-state index in [1.165, 1.54) is 0 Å². The number of ether oxygens (including phenoxy) is 1. The maximum atomic E-state index is 9.71. The predicted molar refractivity (Wildman–Crippen MR) is 30.7 cm³/mol. The Kier molecular flexibility index (Phi) is 3.97. The molecular weight excluding hydrogens is 128 g/mol. The van der Waals surface area contributed by atoms with Crippen LogP contribution in [0.4, 0.5) is 0 Å². The molecule has 0 unspecified atom stereocenters. The lowest BCUT2D eigenvalue weighted by atomic mass is 11.1. The predicted octanol–water partition coefficient (Wildman–Crippen LogP) is 0.229. The molecular formula is C4H6O3S. The summed E-state index contributed by atoms with van der Waals surface area (Å²) in [4.78, 5) is 0. The minimum atomic E-state index is -2.47. The van der Waals surface area contributed by atoms with Crippen molar-refractivity contribution >= 4 is 10.7 Å². The van der Waals surface area contributed by atoms with E-state index in [2.05, 4.69) is 11.3 Å². The van der Waals surface area contributed by atoms with Crippen LogP contribution in [0.3, 0.4) is 0 Å². The molecule has 0 aliphatic carbocycles. The van der Waals surface area contributed by atoms with Crippen molar-refractivity contribution in [1.82, 2.24) is 0 Å². The number of thiol groups is 1. The Bertz CT molecular complexity index is 149. The number of hydrogen-bond acceptors (Lipinski definition) is 3. The van der Waals surface area contributed by atoms with Crippen molar-refractivity contribution < 1.29 is 13.2 Å². The van der Waals surface area contributed by atoms with Gasteiger partial charge in [-0.15, -0.1) is 0 Å². The quantitative estimate of drug-likeness (QED) is 0.444. The Hall–Kier alpha value is -0.770. The molecule has 0 radical (unpaired) electrons. The number of rotatable bonds is 3. The molecule has 0 aromatic heterocycles. The second-order valence-corrected chi connectivity index (χ2v) is 1.74. The van der Waals surface area contributed by atoms with E-state index in [1.54, 1.807) is 0 Å². The first-order valence-electron chi connectivity index (χ1n) is 1.84. The van der Waals surface area contributed by atoms with Gasteiger partial charge in [0.15, 0.2) is 10.7 Å². The van der Waals surface area contributed by atoms with Gasteiger partial charge in [0.05, 0.1) is 11.7 Å². The second kappa shape index (κ2) is 4.39. The average Bonchev–Trinajstić information content (AvgIpc) is 1.66. The highest BCUT2D eigenvalue weighted by Gasteiger charge is 1.68. The van der Waals surface area contributed by atoms with Gasteiger partial charge in [-0.25, -0.2) is 8.42 Å². The van der Waals surface area contributed by atoms with Crippen molar-refractivity contribution in [2.75, 3.05) is 0 Å². The summed E-state index contributed by atoms with van der Waals surface area (Å²) >= 11 is 0. The van der Waals surface area contributed by atoms with Gasteiger partial charge in [-0.05, 0) is 0 Å². The first kappa shape index (κ1) is 7.23. The van der Waals surface area contributed by atoms with Gasteiger partial charge in [0, 0.05) is 0 Å². The van der Waals surface area contributed by atoms with Crippen LogP contribution in [0.5, 0.6) is 0 Å². The summed E-state index contributed by atoms with van der Waals surface area (Å²) in [6.45, 7) is 3.19. The zero-order chi connectivity index (χ0) is 6.41. The zero-order valence-corrected chi connectivity index (χ0v) is 5.01. The van der Waals surface area contributed by atoms with Crippen LogP contribution in [0, 0.1) is 0 Å². The summed E-state index contributed by atoms with van der Waals surface area (Å²) in [6, 6.07) is 0. The first-order chi connectivity index (χ1) is 3.77. The molecule has 0 aliphatic heterocycles. The molecule has 0 spiro atoms. The van der Waals surface area contributed by atoms with Gasteiger partial charge in [-0.2, -0.15) is 0 Å². The SMILES string of the molecule is C=COC=C[SH](=O)=O. The van der Waals surface area contributed by atoms with Gasteiger partial charge in [-0.3, -0.25) is 0 Å². The van der Waals surface area contributed by atoms with Crippen LogP contribution in [-0.4, -0.2) is 8.42 Å². The van der Waals surface area contributed by atoms with Crippen LogP contribution < -0.4 is 0 Å². The summed E-state index contributed by atoms with van der Waals surface area (Å²) < 4.78 is 23.8. The smallest absolute Gasteiger partial charge is 0.164 e. The molecule has 0 fully saturated rings. The molecule has 0 saturated heterocycles. The maximum absolute atomic E-state index is 9.71. The van der Waals surface area contributed by atoms with E-state index in [4.69, 9.17) is 0 Å². The summed E-state index contributed by atoms with van der Waals surface area (Å²) in [5.74, 6) is 0. The molecule has 0 atom stereocenters. The van der Waals surface area contributed by atoms with Crippen molar-refractivity contribution in [3.63, 3.8) is 0 Å². The molecule has 4 heteroatoms. The van der Waals surface area contributed by atoms with Gasteiger partial charge in [-0.1, -0.05) is 6.58 Å². The molecule has 0 saturated carbocycles. The zero-order valence-electron chi connectivity index (χ0n) is 4.11. The van der Waals surface area contributed by atoms with E-state index in [0.29, 0.717) is 0 Å². The van der Waals surface area contributed by atoms with Gasteiger partial charge in [0.25, 0.3) is 0 Å². The minimum absolute atomic E-state index is 0.914. The lowest BCUT2D eigenvalue weighted by Gasteiger charge is -1.79. The van der Waals surface area contributed by atoms with E-state index < -0.39 is 10.7 Å². The van der Waals surface area contributed by atoms with Crippen LogP contribution in [-0.2, 0) is 15.4 Å². The van der Waals surface area contributed by atoms with Crippen molar-refractivity contribution in [1.29, 1.82) is 0 Å². The molecule has 0 aliphatic rings. The third kappa shape index (κ3) is 5.23. The molecule has 0 heterocycles. The lowest BCUT2D eigenvalue weighted by molar-refractivity contribution is 0.405. The standard InChI is InChI=1S/C4H6O3S/c1-2-7-3-4-8(5)6/h2-4,8H,1H2. The Morgan fingerprint density at radius 1 is 1.50 bits per heavy atom. The largest absolute Gasteiger partial charge is 0.473 e. The van der Waals surface area contributed by atoms with E-state index >= 15 is 0 Å². The molecule has 0 N–H and O–H groups in total. The molecule has 0 bridgehead atoms. The van der Waals surface area contributed by atoms with Crippen LogP contribution in [0.25, 0.3) is 0 Å². The highest BCUT2D eigenvalue weighted by Crippen LogP contribution is 1.75. The third-order valence-corrected chi connectivity index (χ3v) is 0.723. The van der Waals surface area contributed by atoms with E-state index in [9.17, 15) is 8.42 Å². The van der Waals surface area contributed by atoms with Crippen molar-refractivity contribution in [3.8, 4) is 0 Å². The summed E-state index contributed by atoms with van der Waals surface area (Å²) in [7, 11) is -2.47. The van der Waals surface area contributed by atoms with Crippen LogP contribution in [0.1, 0.15) is 0 Å². The Morgan fingerprint density at radius 2 is 2.12 bits per heavy atom. The Labute approximate surface area is 49.2 Å². The molecule has 0 aromatic rings. The lowest BCUT2D eigenvalue weighted by Crippen LogP contribution is -1.65. The van der Waals surface area contributed by atoms with Crippen LogP contribution in [0.15, 0.2) is 24.5 Å². The fourth-order valence-corrected chi connectivity index (χ4v) is 0.310. The molecule has 0 aromatic carbocycles. The third-order valence-electron chi connectivity index (χ3n) is 0.357. The minimum Gasteiger partial charge on any atom is -0.473 e. The van der Waals surface area contributed by atoms with Gasteiger partial charge < -0.3 is 4.74 Å². The van der Waals surface area contributed by atoms with Crippen molar-refractivity contribution in [3.05, 3.63) is 24.5 Å². The maximum Gasteiger partial charge on any atom is 0.164 e. The van der Waals surface area contributed by atoms with Gasteiger partial charge >= 0.3 is 0 Å². The summed E-state index contributed by atoms with van der Waals surface area (Å²) in [5.41, 5.74) is 0. The highest BCUT2D eigenvalue weighted by molar-refractivity contribution is 7.75. The molecule has 3 nitrogen and oxygen atoms in total. The molecule has 0 rings (SSSR count). The first-order valence-corrected chi connectivity index (χ1v) is 3.08. The summed E-state index contributed by atoms with van der Waals surface area (Å²) in [5, 5.41) is 0.914. The van der Waals surface area contributed by atoms with Gasteiger partial charge in [0.2, 0.25) is 0 Å². The van der Waals surface area contributed by atoms with Gasteiger partial charge in [0.1, 0.15) is 6.26 Å². The number of hydrogen-bond donors (Lipinski definition) is 1. The fourth-order valence-electron chi connectivity index (χ4n) is 0.140. The van der Waals surface area contributed by atoms with E-state index in [0.717, 1.165) is 17.9 Å². The normalized spacial score (nSPS) is 10.1. The van der Waals surface area contributed by atoms with E-state index in [1.807, 2.05) is 0 Å². The van der Waals surface area contributed by atoms with Crippen molar-refractivity contribution in [2.24, 2.45) is 0 Å². The van der Waals surface area contributed by atoms with Crippen LogP contribution >= 0.6 is 0 Å². The highest BCUT2D eigenvalue weighted by atomic mass is 32.2. The summed E-state index contributed by atoms with van der Waals surface area (Å²) in [6.07, 6.45) is 2.17. The molecule has 0 amide bonds. The topological polar surface area (TPSA) is 43.4 Å². The van der Waals surface area contributed by atoms with E-state index in [-0.39, 0.29) is 0 Å². The molecule has 8 heavy (non-hydrogen) atoms. The fraction of sp³-hybridized carbons (Fsp3) is 0. The average molecular weight is 134 g/mol. The Morgan fingerprint density at radius 3 is 2.50 bits per heavy atom. The second-order valence-electron chi connectivity index (χ2n) is 0.873.